The van der Waals surface area contributed by atoms with Gasteiger partial charge >= 0.3 is 0 Å². The molecule has 0 aliphatic heterocycles. The second-order valence-corrected chi connectivity index (χ2v) is 1.73. The van der Waals surface area contributed by atoms with Crippen LogP contribution >= 0.6 is 0 Å². The van der Waals surface area contributed by atoms with Crippen LogP contribution in [0.25, 0.3) is 0 Å². The van der Waals surface area contributed by atoms with E-state index >= 15 is 0 Å². The van der Waals surface area contributed by atoms with E-state index in [0.29, 0.717) is 0 Å². The summed E-state index contributed by atoms with van der Waals surface area (Å²) in [5.74, 6) is -0.192. The summed E-state index contributed by atoms with van der Waals surface area (Å²) in [5, 5.41) is 0. The minimum atomic E-state index is -1.02. The van der Waals surface area contributed by atoms with Crippen molar-refractivity contribution in [3.8, 4) is 5.92 Å². The van der Waals surface area contributed by atoms with Gasteiger partial charge in [0.15, 0.2) is 11.6 Å². The molecule has 0 saturated carbocycles. The van der Waals surface area contributed by atoms with E-state index in [2.05, 4.69) is 0 Å². The molecule has 0 amide bonds. The van der Waals surface area contributed by atoms with Crippen molar-refractivity contribution in [1.82, 2.24) is 0 Å². The summed E-state index contributed by atoms with van der Waals surface area (Å²) in [6.45, 7) is 0. The molecule has 1 rings (SSSR count). The highest BCUT2D eigenvalue weighted by atomic mass is 19.2. The predicted molar refractivity (Wildman–Crippen MR) is 32.6 cm³/mol. The van der Waals surface area contributed by atoms with Gasteiger partial charge in [0.25, 0.3) is 0 Å². The summed E-state index contributed by atoms with van der Waals surface area (Å²) in [6.07, 6.45) is 6.52. The molecule has 0 bridgehead atoms. The molecule has 0 atom stereocenters. The van der Waals surface area contributed by atoms with Gasteiger partial charge in [-0.1, -0.05) is 6.07 Å². The van der Waals surface area contributed by atoms with Gasteiger partial charge in [0, 0.05) is 0 Å². The molecule has 10 heavy (non-hydrogen) atoms. The van der Waals surface area contributed by atoms with Crippen molar-refractivity contribution in [3.05, 3.63) is 41.8 Å². The Morgan fingerprint density at radius 2 is 2.00 bits per heavy atom. The summed E-state index contributed by atoms with van der Waals surface area (Å²) in [4.78, 5) is 0. The smallest absolute Gasteiger partial charge is 0.174 e. The fraction of sp³-hybridized carbons (Fsp3) is 0. The third-order valence-corrected chi connectivity index (χ3v) is 1.09. The van der Waals surface area contributed by atoms with Crippen molar-refractivity contribution in [3.63, 3.8) is 0 Å². The number of benzene rings is 1. The average Bonchev–Trinajstić information content (AvgIpc) is 1.95. The lowest BCUT2D eigenvalue weighted by Gasteiger charge is -1.92. The lowest BCUT2D eigenvalue weighted by molar-refractivity contribution is 0.506. The quantitative estimate of drug-likeness (QED) is 0.479. The molecule has 1 radical (unpaired) electrons. The molecule has 0 aliphatic carbocycles. The summed E-state index contributed by atoms with van der Waals surface area (Å²) < 4.78 is 24.7. The van der Waals surface area contributed by atoms with Crippen LogP contribution in [0, 0.1) is 24.0 Å². The van der Waals surface area contributed by atoms with Gasteiger partial charge in [-0.05, 0) is 24.5 Å². The van der Waals surface area contributed by atoms with Crippen LogP contribution in [0.5, 0.6) is 0 Å². The molecule has 0 aromatic heterocycles. The first-order chi connectivity index (χ1) is 4.75. The first-order valence-electron chi connectivity index (χ1n) is 2.62. The Hall–Kier alpha value is -1.36. The third-order valence-electron chi connectivity index (χ3n) is 1.09. The standard InChI is InChI=1S/C8H3F2/c1-2-6-4-3-5-7(9)8(6)10/h3-5H. The number of halogens is 2. The van der Waals surface area contributed by atoms with Gasteiger partial charge in [-0.3, -0.25) is 0 Å². The van der Waals surface area contributed by atoms with Gasteiger partial charge in [0.2, 0.25) is 0 Å². The molecular formula is C8H3F2. The molecule has 1 aromatic rings. The minimum absolute atomic E-state index is 0.153. The Kier molecular flexibility index (Phi) is 1.68. The van der Waals surface area contributed by atoms with Crippen molar-refractivity contribution < 1.29 is 8.78 Å². The van der Waals surface area contributed by atoms with Crippen molar-refractivity contribution in [2.45, 2.75) is 0 Å². The zero-order valence-electron chi connectivity index (χ0n) is 4.99. The van der Waals surface area contributed by atoms with Crippen molar-refractivity contribution in [2.75, 3.05) is 0 Å². The van der Waals surface area contributed by atoms with Crippen LogP contribution in [0.3, 0.4) is 0 Å². The summed E-state index contributed by atoms with van der Waals surface area (Å²) in [6, 6.07) is 3.61. The third kappa shape index (κ3) is 0.985. The fourth-order valence-corrected chi connectivity index (χ4v) is 0.600. The van der Waals surface area contributed by atoms with Crippen molar-refractivity contribution >= 4 is 0 Å². The number of rotatable bonds is 0. The molecule has 0 heterocycles. The number of hydrogen-bond donors (Lipinski definition) is 0. The Balaban J connectivity index is 3.31. The van der Waals surface area contributed by atoms with Crippen LogP contribution in [0.2, 0.25) is 0 Å². The highest BCUT2D eigenvalue weighted by molar-refractivity contribution is 5.31. The summed E-state index contributed by atoms with van der Waals surface area (Å²) in [5.41, 5.74) is -0.153. The maximum Gasteiger partial charge on any atom is 0.174 e. The normalized spacial score (nSPS) is 8.90. The van der Waals surface area contributed by atoms with Gasteiger partial charge < -0.3 is 0 Å². The zero-order chi connectivity index (χ0) is 7.56. The lowest BCUT2D eigenvalue weighted by atomic mass is 10.2. The van der Waals surface area contributed by atoms with Crippen LogP contribution in [-0.4, -0.2) is 0 Å². The molecule has 0 saturated heterocycles. The second-order valence-electron chi connectivity index (χ2n) is 1.73. The molecule has 0 unspecified atom stereocenters. The van der Waals surface area contributed by atoms with E-state index in [1.807, 2.05) is 0 Å². The van der Waals surface area contributed by atoms with Crippen LogP contribution in [-0.2, 0) is 0 Å². The highest BCUT2D eigenvalue weighted by Crippen LogP contribution is 2.08. The minimum Gasteiger partial charge on any atom is -0.204 e. The van der Waals surface area contributed by atoms with Crippen LogP contribution < -0.4 is 0 Å². The molecule has 0 nitrogen and oxygen atoms in total. The lowest BCUT2D eigenvalue weighted by Crippen LogP contribution is -1.87. The summed E-state index contributed by atoms with van der Waals surface area (Å²) in [7, 11) is 0. The molecule has 0 N–H and O–H groups in total. The molecule has 1 aromatic carbocycles. The predicted octanol–water partition coefficient (Wildman–Crippen LogP) is 1.90. The Morgan fingerprint density at radius 1 is 1.30 bits per heavy atom. The van der Waals surface area contributed by atoms with E-state index in [1.165, 1.54) is 12.1 Å². The summed E-state index contributed by atoms with van der Waals surface area (Å²) >= 11 is 0. The van der Waals surface area contributed by atoms with Crippen LogP contribution in [0.1, 0.15) is 5.56 Å². The topological polar surface area (TPSA) is 0 Å². The zero-order valence-corrected chi connectivity index (χ0v) is 4.99. The fourth-order valence-electron chi connectivity index (χ4n) is 0.600. The van der Waals surface area contributed by atoms with Gasteiger partial charge in [-0.15, -0.1) is 0 Å². The van der Waals surface area contributed by atoms with E-state index in [4.69, 9.17) is 6.42 Å². The van der Waals surface area contributed by atoms with E-state index in [0.717, 1.165) is 6.07 Å². The maximum absolute atomic E-state index is 12.4. The highest BCUT2D eigenvalue weighted by Gasteiger charge is 2.03. The monoisotopic (exact) mass is 137 g/mol. The largest absolute Gasteiger partial charge is 0.204 e. The van der Waals surface area contributed by atoms with Crippen LogP contribution in [0.4, 0.5) is 8.78 Å². The number of hydrogen-bond acceptors (Lipinski definition) is 0. The van der Waals surface area contributed by atoms with E-state index in [9.17, 15) is 8.78 Å². The molecular weight excluding hydrogens is 134 g/mol. The molecule has 0 spiro atoms. The van der Waals surface area contributed by atoms with E-state index in [1.54, 1.807) is 5.92 Å². The second kappa shape index (κ2) is 2.49. The van der Waals surface area contributed by atoms with E-state index in [-0.39, 0.29) is 5.56 Å². The maximum atomic E-state index is 12.4. The van der Waals surface area contributed by atoms with E-state index < -0.39 is 11.6 Å². The molecule has 49 valence electrons. The Bertz CT molecular complexity index is 284. The van der Waals surface area contributed by atoms with Gasteiger partial charge in [0.05, 0.1) is 5.56 Å². The van der Waals surface area contributed by atoms with Crippen molar-refractivity contribution in [2.24, 2.45) is 0 Å². The Morgan fingerprint density at radius 3 is 2.50 bits per heavy atom. The first-order valence-corrected chi connectivity index (χ1v) is 2.62. The SMILES string of the molecule is [C]#Cc1cccc(F)c1F. The first kappa shape index (κ1) is 6.76. The Labute approximate surface area is 57.5 Å². The van der Waals surface area contributed by atoms with Gasteiger partial charge in [-0.2, -0.15) is 0 Å². The average molecular weight is 137 g/mol. The van der Waals surface area contributed by atoms with Crippen molar-refractivity contribution in [1.29, 1.82) is 0 Å². The molecule has 0 fully saturated rings. The van der Waals surface area contributed by atoms with Crippen LogP contribution in [0.15, 0.2) is 18.2 Å². The molecule has 2 heteroatoms. The van der Waals surface area contributed by atoms with Gasteiger partial charge in [0.1, 0.15) is 0 Å². The van der Waals surface area contributed by atoms with Gasteiger partial charge in [-0.25, -0.2) is 8.78 Å². The molecule has 0 aliphatic rings.